The van der Waals surface area contributed by atoms with E-state index in [0.29, 0.717) is 0 Å². The molecule has 2 bridgehead atoms. The van der Waals surface area contributed by atoms with Crippen LogP contribution in [-0.4, -0.2) is 22.4 Å². The maximum atomic E-state index is 9.74. The zero-order valence-electron chi connectivity index (χ0n) is 8.60. The molecule has 0 amide bonds. The van der Waals surface area contributed by atoms with Crippen molar-refractivity contribution < 1.29 is 10.2 Å². The van der Waals surface area contributed by atoms with E-state index in [9.17, 15) is 10.2 Å². The van der Waals surface area contributed by atoms with Crippen LogP contribution in [0.2, 0.25) is 0 Å². The molecule has 3 saturated carbocycles. The average molecular weight is 196 g/mol. The van der Waals surface area contributed by atoms with E-state index in [-0.39, 0.29) is 12.2 Å². The van der Waals surface area contributed by atoms with Crippen LogP contribution in [0.4, 0.5) is 0 Å². The molecule has 0 spiro atoms. The lowest BCUT2D eigenvalue weighted by atomic mass is 9.75. The van der Waals surface area contributed by atoms with E-state index in [0.717, 1.165) is 49.4 Å². The van der Waals surface area contributed by atoms with Gasteiger partial charge in [-0.1, -0.05) is 0 Å². The first kappa shape index (κ1) is 9.17. The molecular weight excluding hydrogens is 176 g/mol. The molecule has 0 aromatic carbocycles. The van der Waals surface area contributed by atoms with Gasteiger partial charge in [-0.05, 0) is 62.2 Å². The molecule has 0 saturated heterocycles. The second-order valence-corrected chi connectivity index (χ2v) is 5.68. The van der Waals surface area contributed by atoms with Gasteiger partial charge in [0, 0.05) is 0 Å². The Bertz CT molecular complexity index is 228. The van der Waals surface area contributed by atoms with Gasteiger partial charge in [-0.3, -0.25) is 0 Å². The third kappa shape index (κ3) is 1.31. The second kappa shape index (κ2) is 3.21. The van der Waals surface area contributed by atoms with Crippen LogP contribution in [0, 0.1) is 23.7 Å². The highest BCUT2D eigenvalue weighted by atomic mass is 16.3. The van der Waals surface area contributed by atoms with Crippen molar-refractivity contribution in [2.24, 2.45) is 23.7 Å². The highest BCUT2D eigenvalue weighted by molar-refractivity contribution is 4.99. The predicted molar refractivity (Wildman–Crippen MR) is 53.7 cm³/mol. The van der Waals surface area contributed by atoms with Crippen molar-refractivity contribution in [2.45, 2.75) is 50.7 Å². The molecule has 2 N–H and O–H groups in total. The van der Waals surface area contributed by atoms with Crippen LogP contribution in [0.15, 0.2) is 0 Å². The quantitative estimate of drug-likeness (QED) is 0.617. The first-order valence-electron chi connectivity index (χ1n) is 6.10. The van der Waals surface area contributed by atoms with Crippen LogP contribution >= 0.6 is 0 Å². The normalized spacial score (nSPS) is 57.0. The lowest BCUT2D eigenvalue weighted by molar-refractivity contribution is 0.0609. The zero-order chi connectivity index (χ0) is 9.71. The molecule has 3 aliphatic rings. The minimum absolute atomic E-state index is 0.0403. The maximum Gasteiger partial charge on any atom is 0.0545 e. The molecule has 80 valence electrons. The Labute approximate surface area is 85.3 Å². The number of aliphatic hydroxyl groups is 2. The van der Waals surface area contributed by atoms with Gasteiger partial charge in [0.25, 0.3) is 0 Å². The summed E-state index contributed by atoms with van der Waals surface area (Å²) in [6, 6.07) is 0. The minimum atomic E-state index is -0.0484. The molecule has 0 aliphatic heterocycles. The lowest BCUT2D eigenvalue weighted by Gasteiger charge is -2.32. The van der Waals surface area contributed by atoms with Gasteiger partial charge < -0.3 is 10.2 Å². The summed E-state index contributed by atoms with van der Waals surface area (Å²) in [5.74, 6) is 3.08. The maximum absolute atomic E-state index is 9.74. The molecule has 3 aliphatic carbocycles. The van der Waals surface area contributed by atoms with Crippen molar-refractivity contribution in [3.05, 3.63) is 0 Å². The summed E-state index contributed by atoms with van der Waals surface area (Å²) in [6.07, 6.45) is 6.50. The molecule has 3 fully saturated rings. The predicted octanol–water partition coefficient (Wildman–Crippen LogP) is 1.55. The summed E-state index contributed by atoms with van der Waals surface area (Å²) in [5.41, 5.74) is 0. The van der Waals surface area contributed by atoms with Crippen LogP contribution in [0.1, 0.15) is 38.5 Å². The number of hydrogen-bond donors (Lipinski definition) is 2. The third-order valence-electron chi connectivity index (χ3n) is 4.89. The molecule has 14 heavy (non-hydrogen) atoms. The molecule has 0 radical (unpaired) electrons. The fourth-order valence-corrected chi connectivity index (χ4v) is 4.41. The summed E-state index contributed by atoms with van der Waals surface area (Å²) in [4.78, 5) is 0. The number of rotatable bonds is 0. The SMILES string of the molecule is OC1CC2CC(C1)C1CC(O)CCC21. The van der Waals surface area contributed by atoms with E-state index in [1.807, 2.05) is 0 Å². The summed E-state index contributed by atoms with van der Waals surface area (Å²) >= 11 is 0. The van der Waals surface area contributed by atoms with Crippen LogP contribution < -0.4 is 0 Å². The molecule has 6 atom stereocenters. The van der Waals surface area contributed by atoms with Crippen molar-refractivity contribution >= 4 is 0 Å². The lowest BCUT2D eigenvalue weighted by Crippen LogP contribution is -2.28. The highest BCUT2D eigenvalue weighted by Gasteiger charge is 2.49. The first-order chi connectivity index (χ1) is 6.74. The van der Waals surface area contributed by atoms with E-state index in [1.165, 1.54) is 12.8 Å². The largest absolute Gasteiger partial charge is 0.393 e. The Morgan fingerprint density at radius 1 is 0.643 bits per heavy atom. The van der Waals surface area contributed by atoms with Gasteiger partial charge in [0.2, 0.25) is 0 Å². The van der Waals surface area contributed by atoms with Crippen molar-refractivity contribution in [3.8, 4) is 0 Å². The van der Waals surface area contributed by atoms with Gasteiger partial charge in [-0.15, -0.1) is 0 Å². The van der Waals surface area contributed by atoms with E-state index in [2.05, 4.69) is 0 Å². The molecule has 0 aromatic heterocycles. The van der Waals surface area contributed by atoms with Gasteiger partial charge in [0.15, 0.2) is 0 Å². The number of fused-ring (bicyclic) bond motifs is 5. The van der Waals surface area contributed by atoms with E-state index in [1.54, 1.807) is 0 Å². The van der Waals surface area contributed by atoms with Crippen LogP contribution in [0.3, 0.4) is 0 Å². The summed E-state index contributed by atoms with van der Waals surface area (Å²) in [6.45, 7) is 0. The molecule has 0 heterocycles. The minimum Gasteiger partial charge on any atom is -0.393 e. The number of hydrogen-bond acceptors (Lipinski definition) is 2. The molecule has 2 heteroatoms. The van der Waals surface area contributed by atoms with E-state index < -0.39 is 0 Å². The zero-order valence-corrected chi connectivity index (χ0v) is 8.60. The molecule has 6 unspecified atom stereocenters. The van der Waals surface area contributed by atoms with Gasteiger partial charge >= 0.3 is 0 Å². The Hall–Kier alpha value is -0.0800. The molecule has 2 nitrogen and oxygen atoms in total. The molecular formula is C12H20O2. The van der Waals surface area contributed by atoms with Crippen LogP contribution in [-0.2, 0) is 0 Å². The summed E-state index contributed by atoms with van der Waals surface area (Å²) < 4.78 is 0. The summed E-state index contributed by atoms with van der Waals surface area (Å²) in [5, 5.41) is 19.4. The Morgan fingerprint density at radius 3 is 2.14 bits per heavy atom. The van der Waals surface area contributed by atoms with Crippen LogP contribution in [0.5, 0.6) is 0 Å². The number of aliphatic hydroxyl groups excluding tert-OH is 2. The Balaban J connectivity index is 1.80. The van der Waals surface area contributed by atoms with Crippen molar-refractivity contribution in [3.63, 3.8) is 0 Å². The van der Waals surface area contributed by atoms with E-state index in [4.69, 9.17) is 0 Å². The van der Waals surface area contributed by atoms with Crippen LogP contribution in [0.25, 0.3) is 0 Å². The smallest absolute Gasteiger partial charge is 0.0545 e. The fraction of sp³-hybridized carbons (Fsp3) is 1.00. The summed E-state index contributed by atoms with van der Waals surface area (Å²) in [7, 11) is 0. The monoisotopic (exact) mass is 196 g/mol. The topological polar surface area (TPSA) is 40.5 Å². The van der Waals surface area contributed by atoms with Crippen molar-refractivity contribution in [1.82, 2.24) is 0 Å². The van der Waals surface area contributed by atoms with Crippen molar-refractivity contribution in [1.29, 1.82) is 0 Å². The van der Waals surface area contributed by atoms with Crippen molar-refractivity contribution in [2.75, 3.05) is 0 Å². The molecule has 3 rings (SSSR count). The van der Waals surface area contributed by atoms with Gasteiger partial charge in [0.1, 0.15) is 0 Å². The van der Waals surface area contributed by atoms with Gasteiger partial charge in [-0.25, -0.2) is 0 Å². The van der Waals surface area contributed by atoms with Gasteiger partial charge in [0.05, 0.1) is 12.2 Å². The second-order valence-electron chi connectivity index (χ2n) is 5.68. The fourth-order valence-electron chi connectivity index (χ4n) is 4.41. The average Bonchev–Trinajstić information content (AvgIpc) is 2.39. The first-order valence-corrected chi connectivity index (χ1v) is 6.10. The Morgan fingerprint density at radius 2 is 1.36 bits per heavy atom. The van der Waals surface area contributed by atoms with E-state index >= 15 is 0 Å². The molecule has 0 aromatic rings. The van der Waals surface area contributed by atoms with Gasteiger partial charge in [-0.2, -0.15) is 0 Å². The third-order valence-corrected chi connectivity index (χ3v) is 4.89. The Kier molecular flexibility index (Phi) is 2.10. The standard InChI is InChI=1S/C12H20O2/c13-9-1-2-11-7-3-8(12(11)6-9)5-10(14)4-7/h7-14H,1-6H2. The highest BCUT2D eigenvalue weighted by Crippen LogP contribution is 2.55.